The van der Waals surface area contributed by atoms with Crippen molar-refractivity contribution in [3.8, 4) is 0 Å². The summed E-state index contributed by atoms with van der Waals surface area (Å²) in [4.78, 5) is 28.0. The molecule has 1 saturated heterocycles. The summed E-state index contributed by atoms with van der Waals surface area (Å²) in [5, 5.41) is 5.74. The van der Waals surface area contributed by atoms with Gasteiger partial charge in [0, 0.05) is 31.7 Å². The Kier molecular flexibility index (Phi) is 6.40. The first-order chi connectivity index (χ1) is 11.1. The van der Waals surface area contributed by atoms with Crippen LogP contribution in [0.2, 0.25) is 0 Å². The summed E-state index contributed by atoms with van der Waals surface area (Å²) in [6.07, 6.45) is 0.346. The molecule has 1 atom stereocenters. The maximum Gasteiger partial charge on any atom is 0.315 e. The van der Waals surface area contributed by atoms with Crippen molar-refractivity contribution in [1.29, 1.82) is 0 Å². The van der Waals surface area contributed by atoms with Crippen LogP contribution in [0.4, 0.5) is 10.5 Å². The normalized spacial score (nSPS) is 17.6. The quantitative estimate of drug-likeness (QED) is 0.799. The van der Waals surface area contributed by atoms with E-state index in [2.05, 4.69) is 29.4 Å². The first kappa shape index (κ1) is 17.3. The minimum atomic E-state index is -0.204. The van der Waals surface area contributed by atoms with E-state index in [-0.39, 0.29) is 18.0 Å². The number of rotatable bonds is 7. The van der Waals surface area contributed by atoms with E-state index in [0.717, 1.165) is 25.3 Å². The van der Waals surface area contributed by atoms with Crippen molar-refractivity contribution in [3.63, 3.8) is 0 Å². The zero-order valence-corrected chi connectivity index (χ0v) is 13.9. The molecule has 126 valence electrons. The van der Waals surface area contributed by atoms with Gasteiger partial charge in [0.25, 0.3) is 0 Å². The van der Waals surface area contributed by atoms with Gasteiger partial charge in [0.2, 0.25) is 5.91 Å². The summed E-state index contributed by atoms with van der Waals surface area (Å²) in [6, 6.07) is 9.20. The fraction of sp³-hybridized carbons (Fsp3) is 0.529. The monoisotopic (exact) mass is 318 g/mol. The molecule has 0 aliphatic carbocycles. The van der Waals surface area contributed by atoms with Crippen LogP contribution in [0.5, 0.6) is 0 Å². The molecule has 0 bridgehead atoms. The topological polar surface area (TPSA) is 64.7 Å². The highest BCUT2D eigenvalue weighted by atomic mass is 16.2. The third-order valence-corrected chi connectivity index (χ3v) is 4.14. The van der Waals surface area contributed by atoms with Crippen LogP contribution >= 0.6 is 0 Å². The van der Waals surface area contributed by atoms with Crippen LogP contribution in [-0.4, -0.2) is 55.6 Å². The molecule has 6 nitrogen and oxygen atoms in total. The molecule has 23 heavy (non-hydrogen) atoms. The molecule has 6 heteroatoms. The van der Waals surface area contributed by atoms with E-state index < -0.39 is 0 Å². The number of hydrogen-bond acceptors (Lipinski definition) is 3. The molecule has 1 aliphatic heterocycles. The number of likely N-dealkylation sites (N-methyl/N-ethyl adjacent to an activating group) is 1. The van der Waals surface area contributed by atoms with Gasteiger partial charge in [-0.25, -0.2) is 4.79 Å². The van der Waals surface area contributed by atoms with Gasteiger partial charge >= 0.3 is 6.03 Å². The van der Waals surface area contributed by atoms with E-state index in [9.17, 15) is 9.59 Å². The maximum absolute atomic E-state index is 12.1. The smallest absolute Gasteiger partial charge is 0.315 e. The first-order valence-corrected chi connectivity index (χ1v) is 8.26. The Morgan fingerprint density at radius 3 is 2.61 bits per heavy atom. The predicted molar refractivity (Wildman–Crippen MR) is 91.5 cm³/mol. The Morgan fingerprint density at radius 2 is 1.96 bits per heavy atom. The van der Waals surface area contributed by atoms with Crippen LogP contribution in [0, 0.1) is 0 Å². The van der Waals surface area contributed by atoms with Gasteiger partial charge in [-0.3, -0.25) is 4.79 Å². The molecular formula is C17H26N4O2. The maximum atomic E-state index is 12.1. The molecule has 0 radical (unpaired) electrons. The number of hydrogen-bond donors (Lipinski definition) is 2. The lowest BCUT2D eigenvalue weighted by Crippen LogP contribution is -2.45. The Balaban J connectivity index is 1.76. The van der Waals surface area contributed by atoms with Crippen LogP contribution in [0.15, 0.2) is 30.3 Å². The highest BCUT2D eigenvalue weighted by Crippen LogP contribution is 2.20. The van der Waals surface area contributed by atoms with Gasteiger partial charge in [-0.2, -0.15) is 0 Å². The van der Waals surface area contributed by atoms with E-state index >= 15 is 0 Å². The fourth-order valence-corrected chi connectivity index (χ4v) is 2.77. The van der Waals surface area contributed by atoms with Crippen molar-refractivity contribution in [2.24, 2.45) is 0 Å². The predicted octanol–water partition coefficient (Wildman–Crippen LogP) is 1.43. The summed E-state index contributed by atoms with van der Waals surface area (Å²) in [6.45, 7) is 8.12. The van der Waals surface area contributed by atoms with Crippen LogP contribution in [0.3, 0.4) is 0 Å². The number of nitrogens with zero attached hydrogens (tertiary/aromatic N) is 2. The van der Waals surface area contributed by atoms with Crippen molar-refractivity contribution in [2.75, 3.05) is 37.6 Å². The summed E-state index contributed by atoms with van der Waals surface area (Å²) < 4.78 is 0. The Labute approximate surface area is 137 Å². The summed E-state index contributed by atoms with van der Waals surface area (Å²) >= 11 is 0. The number of para-hydroxylation sites is 1. The average Bonchev–Trinajstić information content (AvgIpc) is 2.92. The molecule has 1 aliphatic rings. The van der Waals surface area contributed by atoms with Crippen molar-refractivity contribution >= 4 is 17.6 Å². The number of carbonyl (C=O) groups excluding carboxylic acids is 2. The number of benzene rings is 1. The lowest BCUT2D eigenvalue weighted by atomic mass is 10.2. The minimum Gasteiger partial charge on any atom is -0.337 e. The zero-order chi connectivity index (χ0) is 16.7. The second-order valence-corrected chi connectivity index (χ2v) is 5.67. The number of urea groups is 1. The molecule has 0 aromatic heterocycles. The third kappa shape index (κ3) is 4.96. The van der Waals surface area contributed by atoms with E-state index in [1.54, 1.807) is 4.90 Å². The molecule has 2 rings (SSSR count). The summed E-state index contributed by atoms with van der Waals surface area (Å²) in [5.41, 5.74) is 0.878. The van der Waals surface area contributed by atoms with Gasteiger partial charge in [0.1, 0.15) is 0 Å². The molecule has 1 heterocycles. The highest BCUT2D eigenvalue weighted by molar-refractivity contribution is 5.96. The second-order valence-electron chi connectivity index (χ2n) is 5.67. The molecule has 0 spiro atoms. The van der Waals surface area contributed by atoms with Gasteiger partial charge in [-0.15, -0.1) is 0 Å². The van der Waals surface area contributed by atoms with E-state index in [0.29, 0.717) is 19.5 Å². The standard InChI is InChI=1S/C17H26N4O2/c1-3-20(4-2)11-10-18-17(23)19-14-12-16(22)21(13-14)15-8-6-5-7-9-15/h5-9,14H,3-4,10-13H2,1-2H3,(H2,18,19,23). The van der Waals surface area contributed by atoms with Gasteiger partial charge in [-0.05, 0) is 25.2 Å². The molecule has 2 N–H and O–H groups in total. The zero-order valence-electron chi connectivity index (χ0n) is 13.9. The Hall–Kier alpha value is -2.08. The van der Waals surface area contributed by atoms with E-state index in [1.807, 2.05) is 30.3 Å². The summed E-state index contributed by atoms with van der Waals surface area (Å²) in [7, 11) is 0. The van der Waals surface area contributed by atoms with Crippen molar-refractivity contribution in [2.45, 2.75) is 26.3 Å². The van der Waals surface area contributed by atoms with Crippen molar-refractivity contribution in [1.82, 2.24) is 15.5 Å². The van der Waals surface area contributed by atoms with Crippen molar-refractivity contribution in [3.05, 3.63) is 30.3 Å². The van der Waals surface area contributed by atoms with Gasteiger partial charge in [0.15, 0.2) is 0 Å². The van der Waals surface area contributed by atoms with Crippen LogP contribution in [0.1, 0.15) is 20.3 Å². The first-order valence-electron chi connectivity index (χ1n) is 8.26. The van der Waals surface area contributed by atoms with Crippen LogP contribution in [0.25, 0.3) is 0 Å². The molecule has 1 aromatic rings. The highest BCUT2D eigenvalue weighted by Gasteiger charge is 2.31. The van der Waals surface area contributed by atoms with Gasteiger partial charge in [0.05, 0.1) is 6.04 Å². The Bertz CT molecular complexity index is 517. The molecule has 1 unspecified atom stereocenters. The van der Waals surface area contributed by atoms with Crippen LogP contribution < -0.4 is 15.5 Å². The number of anilines is 1. The molecular weight excluding hydrogens is 292 g/mol. The number of nitrogens with one attached hydrogen (secondary N) is 2. The minimum absolute atomic E-state index is 0.0460. The fourth-order valence-electron chi connectivity index (χ4n) is 2.77. The molecule has 1 aromatic carbocycles. The molecule has 3 amide bonds. The number of amides is 3. The SMILES string of the molecule is CCN(CC)CCNC(=O)NC1CC(=O)N(c2ccccc2)C1. The number of carbonyl (C=O) groups is 2. The van der Waals surface area contributed by atoms with Gasteiger partial charge < -0.3 is 20.4 Å². The van der Waals surface area contributed by atoms with Crippen molar-refractivity contribution < 1.29 is 9.59 Å². The Morgan fingerprint density at radius 1 is 1.26 bits per heavy atom. The average molecular weight is 318 g/mol. The third-order valence-electron chi connectivity index (χ3n) is 4.14. The lowest BCUT2D eigenvalue weighted by Gasteiger charge is -2.19. The second kappa shape index (κ2) is 8.53. The van der Waals surface area contributed by atoms with E-state index in [1.165, 1.54) is 0 Å². The summed E-state index contributed by atoms with van der Waals surface area (Å²) in [5.74, 6) is 0.0460. The van der Waals surface area contributed by atoms with Crippen LogP contribution in [-0.2, 0) is 4.79 Å². The van der Waals surface area contributed by atoms with Gasteiger partial charge in [-0.1, -0.05) is 32.0 Å². The van der Waals surface area contributed by atoms with E-state index in [4.69, 9.17) is 0 Å². The molecule has 0 saturated carbocycles. The largest absolute Gasteiger partial charge is 0.337 e. The lowest BCUT2D eigenvalue weighted by molar-refractivity contribution is -0.117. The molecule has 1 fully saturated rings.